The maximum absolute atomic E-state index is 12.7. The molecule has 3 heterocycles. The van der Waals surface area contributed by atoms with Gasteiger partial charge >= 0.3 is 0 Å². The Hall–Kier alpha value is -3.71. The fourth-order valence-corrected chi connectivity index (χ4v) is 4.89. The highest BCUT2D eigenvalue weighted by Crippen LogP contribution is 2.39. The summed E-state index contributed by atoms with van der Waals surface area (Å²) in [5.74, 6) is 1.50. The van der Waals surface area contributed by atoms with E-state index in [4.69, 9.17) is 14.5 Å². The molecule has 1 aliphatic heterocycles. The van der Waals surface area contributed by atoms with Crippen molar-refractivity contribution >= 4 is 22.9 Å². The molecular weight excluding hydrogens is 446 g/mol. The summed E-state index contributed by atoms with van der Waals surface area (Å²) < 4.78 is 11.6. The lowest BCUT2D eigenvalue weighted by Gasteiger charge is -2.29. The lowest BCUT2D eigenvalue weighted by molar-refractivity contribution is -0.121. The van der Waals surface area contributed by atoms with Crippen LogP contribution in [0.1, 0.15) is 16.9 Å². The van der Waals surface area contributed by atoms with Crippen molar-refractivity contribution in [2.45, 2.75) is 20.3 Å². The van der Waals surface area contributed by atoms with Crippen LogP contribution < -0.4 is 14.4 Å². The molecule has 1 amide bonds. The molecule has 4 aromatic rings. The normalized spacial score (nSPS) is 12.9. The number of anilines is 1. The van der Waals surface area contributed by atoms with E-state index in [-0.39, 0.29) is 12.5 Å². The minimum Gasteiger partial charge on any atom is -0.494 e. The molecule has 7 heteroatoms. The number of aromatic nitrogens is 2. The minimum absolute atomic E-state index is 0.0463. The number of hydrogen-bond donors (Lipinski definition) is 0. The Morgan fingerprint density at radius 1 is 1.09 bits per heavy atom. The van der Waals surface area contributed by atoms with Crippen LogP contribution in [-0.2, 0) is 4.79 Å². The van der Waals surface area contributed by atoms with E-state index in [9.17, 15) is 4.79 Å². The molecule has 0 N–H and O–H groups in total. The van der Waals surface area contributed by atoms with Crippen molar-refractivity contribution in [2.75, 3.05) is 24.7 Å². The Morgan fingerprint density at radius 2 is 2.00 bits per heavy atom. The van der Waals surface area contributed by atoms with Gasteiger partial charge in [-0.2, -0.15) is 0 Å². The molecule has 1 aliphatic rings. The molecule has 0 saturated heterocycles. The fraction of sp³-hybridized carbons (Fsp3) is 0.222. The van der Waals surface area contributed by atoms with E-state index in [0.717, 1.165) is 43.8 Å². The zero-order chi connectivity index (χ0) is 23.5. The lowest BCUT2D eigenvalue weighted by Crippen LogP contribution is -2.39. The molecule has 0 aliphatic carbocycles. The second kappa shape index (κ2) is 9.65. The predicted octanol–water partition coefficient (Wildman–Crippen LogP) is 5.68. The van der Waals surface area contributed by atoms with Crippen LogP contribution in [0.2, 0.25) is 0 Å². The monoisotopic (exact) mass is 471 g/mol. The molecule has 6 nitrogen and oxygen atoms in total. The van der Waals surface area contributed by atoms with Gasteiger partial charge in [0.15, 0.2) is 6.61 Å². The van der Waals surface area contributed by atoms with Crippen LogP contribution in [0.4, 0.5) is 5.69 Å². The van der Waals surface area contributed by atoms with Crippen molar-refractivity contribution in [1.29, 1.82) is 0 Å². The number of rotatable bonds is 7. The smallest absolute Gasteiger partial charge is 0.265 e. The first-order valence-electron chi connectivity index (χ1n) is 11.2. The number of amides is 1. The van der Waals surface area contributed by atoms with Gasteiger partial charge in [0.1, 0.15) is 16.5 Å². The number of pyridine rings is 1. The number of ether oxygens (including phenoxy) is 2. The largest absolute Gasteiger partial charge is 0.494 e. The molecule has 0 bridgehead atoms. The Morgan fingerprint density at radius 3 is 2.82 bits per heavy atom. The zero-order valence-electron chi connectivity index (χ0n) is 19.2. The van der Waals surface area contributed by atoms with Gasteiger partial charge in [0, 0.05) is 23.2 Å². The molecule has 0 spiro atoms. The average molecular weight is 472 g/mol. The quantitative estimate of drug-likeness (QED) is 0.324. The van der Waals surface area contributed by atoms with Gasteiger partial charge in [0.05, 0.1) is 23.7 Å². The summed E-state index contributed by atoms with van der Waals surface area (Å²) in [5, 5.41) is 0.878. The van der Waals surface area contributed by atoms with Crippen LogP contribution in [0.15, 0.2) is 66.9 Å². The van der Waals surface area contributed by atoms with Gasteiger partial charge in [-0.25, -0.2) is 4.98 Å². The summed E-state index contributed by atoms with van der Waals surface area (Å²) in [7, 11) is 0. The van der Waals surface area contributed by atoms with Crippen molar-refractivity contribution < 1.29 is 14.3 Å². The summed E-state index contributed by atoms with van der Waals surface area (Å²) in [6, 6.07) is 19.7. The Kier molecular flexibility index (Phi) is 6.27. The Bertz CT molecular complexity index is 1320. The first kappa shape index (κ1) is 22.1. The van der Waals surface area contributed by atoms with E-state index < -0.39 is 0 Å². The third kappa shape index (κ3) is 4.65. The molecule has 172 valence electrons. The van der Waals surface area contributed by atoms with E-state index in [1.807, 2.05) is 67.6 Å². The van der Waals surface area contributed by atoms with Crippen LogP contribution >= 0.6 is 11.3 Å². The summed E-state index contributed by atoms with van der Waals surface area (Å²) in [5.41, 5.74) is 4.64. The van der Waals surface area contributed by atoms with Crippen molar-refractivity contribution in [3.63, 3.8) is 0 Å². The van der Waals surface area contributed by atoms with Gasteiger partial charge < -0.3 is 14.4 Å². The molecular formula is C27H25N3O3S. The summed E-state index contributed by atoms with van der Waals surface area (Å²) in [6.07, 6.45) is 2.48. The number of carbonyl (C=O) groups is 1. The molecule has 34 heavy (non-hydrogen) atoms. The topological polar surface area (TPSA) is 64.5 Å². The fourth-order valence-electron chi connectivity index (χ4n) is 3.98. The van der Waals surface area contributed by atoms with Gasteiger partial charge in [-0.3, -0.25) is 9.78 Å². The zero-order valence-corrected chi connectivity index (χ0v) is 20.0. The van der Waals surface area contributed by atoms with Crippen LogP contribution in [-0.4, -0.2) is 35.6 Å². The number of nitrogens with zero attached hydrogens (tertiary/aromatic N) is 3. The highest BCUT2D eigenvalue weighted by Gasteiger charge is 2.26. The molecule has 2 aromatic heterocycles. The van der Waals surface area contributed by atoms with Crippen molar-refractivity contribution in [2.24, 2.45) is 0 Å². The van der Waals surface area contributed by atoms with Crippen LogP contribution in [0, 0.1) is 13.8 Å². The second-order valence-corrected chi connectivity index (χ2v) is 9.38. The van der Waals surface area contributed by atoms with Crippen LogP contribution in [0.3, 0.4) is 0 Å². The molecule has 0 unspecified atom stereocenters. The van der Waals surface area contributed by atoms with Gasteiger partial charge in [-0.1, -0.05) is 18.2 Å². The third-order valence-corrected chi connectivity index (χ3v) is 6.63. The number of hydrogen-bond acceptors (Lipinski definition) is 6. The third-order valence-electron chi connectivity index (χ3n) is 5.64. The molecule has 0 atom stereocenters. The maximum atomic E-state index is 12.7. The van der Waals surface area contributed by atoms with E-state index in [2.05, 4.69) is 11.9 Å². The highest BCUT2D eigenvalue weighted by molar-refractivity contribution is 7.15. The molecule has 0 radical (unpaired) electrons. The van der Waals surface area contributed by atoms with Crippen LogP contribution in [0.25, 0.3) is 22.0 Å². The van der Waals surface area contributed by atoms with E-state index in [1.54, 1.807) is 22.4 Å². The lowest BCUT2D eigenvalue weighted by atomic mass is 10.1. The second-order valence-electron chi connectivity index (χ2n) is 8.17. The molecule has 2 aromatic carbocycles. The molecule has 5 rings (SSSR count). The van der Waals surface area contributed by atoms with E-state index >= 15 is 0 Å². The number of carbonyl (C=O) groups excluding carboxylic acids is 1. The van der Waals surface area contributed by atoms with Crippen LogP contribution in [0.5, 0.6) is 11.5 Å². The molecule has 0 saturated carbocycles. The standard InChI is InChI=1S/C27H25N3O3S/c1-18-7-5-8-21(15-18)32-14-6-13-30-23-16-20(10-11-24(23)33-17-25(30)31)26-19(2)34-27(29-26)22-9-3-4-12-28-22/h3-5,7-12,15-16H,6,13-14,17H2,1-2H3. The van der Waals surface area contributed by atoms with Crippen molar-refractivity contribution in [3.8, 4) is 33.5 Å². The van der Waals surface area contributed by atoms with Crippen molar-refractivity contribution in [1.82, 2.24) is 9.97 Å². The number of fused-ring (bicyclic) bond motifs is 1. The predicted molar refractivity (Wildman–Crippen MR) is 135 cm³/mol. The first-order valence-corrected chi connectivity index (χ1v) is 12.1. The van der Waals surface area contributed by atoms with Gasteiger partial charge in [0.25, 0.3) is 5.91 Å². The van der Waals surface area contributed by atoms with Crippen molar-refractivity contribution in [3.05, 3.63) is 77.3 Å². The maximum Gasteiger partial charge on any atom is 0.265 e. The minimum atomic E-state index is -0.0515. The van der Waals surface area contributed by atoms with E-state index in [0.29, 0.717) is 25.3 Å². The summed E-state index contributed by atoms with van der Waals surface area (Å²) in [4.78, 5) is 24.9. The number of thiazole rings is 1. The number of benzene rings is 2. The number of aryl methyl sites for hydroxylation is 2. The van der Waals surface area contributed by atoms with E-state index in [1.165, 1.54) is 0 Å². The Balaban J connectivity index is 1.34. The van der Waals surface area contributed by atoms with Gasteiger partial charge in [0.2, 0.25) is 0 Å². The van der Waals surface area contributed by atoms with Gasteiger partial charge in [-0.15, -0.1) is 11.3 Å². The highest BCUT2D eigenvalue weighted by atomic mass is 32.1. The SMILES string of the molecule is Cc1cccc(OCCCN2C(=O)COc3ccc(-c4nc(-c5ccccn5)sc4C)cc32)c1. The first-order chi connectivity index (χ1) is 16.6. The van der Waals surface area contributed by atoms with Gasteiger partial charge in [-0.05, 0) is 68.3 Å². The molecule has 0 fully saturated rings. The summed E-state index contributed by atoms with van der Waals surface area (Å²) in [6.45, 7) is 5.23. The average Bonchev–Trinajstić information content (AvgIpc) is 3.25. The summed E-state index contributed by atoms with van der Waals surface area (Å²) >= 11 is 1.61. The Labute approximate surface area is 202 Å².